The molecule has 0 saturated carbocycles. The van der Waals surface area contributed by atoms with Gasteiger partial charge in [-0.3, -0.25) is 14.5 Å². The molecule has 6 nitrogen and oxygen atoms in total. The van der Waals surface area contributed by atoms with Crippen LogP contribution in [0.25, 0.3) is 11.4 Å². The molecule has 0 aliphatic carbocycles. The number of aryl methyl sites for hydroxylation is 2. The first kappa shape index (κ1) is 16.5. The molecular weight excluding hydrogens is 342 g/mol. The van der Waals surface area contributed by atoms with Gasteiger partial charge in [0.15, 0.2) is 15.4 Å². The minimum Gasteiger partial charge on any atom is -0.327 e. The van der Waals surface area contributed by atoms with Crippen LogP contribution in [0.3, 0.4) is 0 Å². The van der Waals surface area contributed by atoms with Crippen LogP contribution in [-0.2, 0) is 18.4 Å². The summed E-state index contributed by atoms with van der Waals surface area (Å²) in [4.78, 5) is 16.9. The van der Waals surface area contributed by atoms with Gasteiger partial charge in [-0.25, -0.2) is 0 Å². The number of hydrogen-bond acceptors (Lipinski definition) is 4. The SMILES string of the molecule is Cc1ccc(-c2n[nH]c(=S)n2CCC(=O)N=c2sccn2C)cc1. The smallest absolute Gasteiger partial charge is 0.250 e. The molecule has 1 N–H and O–H groups in total. The van der Waals surface area contributed by atoms with Crippen LogP contribution in [0.2, 0.25) is 0 Å². The van der Waals surface area contributed by atoms with E-state index >= 15 is 0 Å². The molecule has 3 aromatic rings. The lowest BCUT2D eigenvalue weighted by molar-refractivity contribution is -0.118. The monoisotopic (exact) mass is 359 g/mol. The minimum atomic E-state index is -0.175. The number of H-pyrrole nitrogens is 1. The Morgan fingerprint density at radius 2 is 2.12 bits per heavy atom. The molecule has 0 aliphatic heterocycles. The van der Waals surface area contributed by atoms with Crippen LogP contribution in [-0.4, -0.2) is 25.2 Å². The standard InChI is InChI=1S/C16H17N5OS2/c1-11-3-5-12(6-4-11)14-18-19-15(23)21(14)8-7-13(22)17-16-20(2)9-10-24-16/h3-6,9-10H,7-8H2,1-2H3,(H,19,23). The Labute approximate surface area is 148 Å². The van der Waals surface area contributed by atoms with Crippen LogP contribution >= 0.6 is 23.6 Å². The van der Waals surface area contributed by atoms with Crippen molar-refractivity contribution >= 4 is 29.5 Å². The largest absolute Gasteiger partial charge is 0.327 e. The van der Waals surface area contributed by atoms with Crippen molar-refractivity contribution < 1.29 is 4.79 Å². The third kappa shape index (κ3) is 3.60. The number of thiazole rings is 1. The van der Waals surface area contributed by atoms with E-state index in [1.165, 1.54) is 16.9 Å². The predicted molar refractivity (Wildman–Crippen MR) is 96.1 cm³/mol. The first-order chi connectivity index (χ1) is 11.5. The first-order valence-electron chi connectivity index (χ1n) is 7.44. The van der Waals surface area contributed by atoms with Crippen molar-refractivity contribution in [1.29, 1.82) is 0 Å². The fraction of sp³-hybridized carbons (Fsp3) is 0.250. The Balaban J connectivity index is 1.80. The van der Waals surface area contributed by atoms with Gasteiger partial charge in [-0.05, 0) is 19.1 Å². The van der Waals surface area contributed by atoms with E-state index in [0.29, 0.717) is 16.1 Å². The molecule has 0 unspecified atom stereocenters. The molecule has 8 heteroatoms. The van der Waals surface area contributed by atoms with Crippen LogP contribution in [0.4, 0.5) is 0 Å². The molecular formula is C16H17N5OS2. The van der Waals surface area contributed by atoms with Crippen molar-refractivity contribution in [2.75, 3.05) is 0 Å². The predicted octanol–water partition coefficient (Wildman–Crippen LogP) is 2.83. The number of aromatic amines is 1. The van der Waals surface area contributed by atoms with E-state index in [9.17, 15) is 4.79 Å². The topological polar surface area (TPSA) is 68.0 Å². The molecule has 1 amide bonds. The van der Waals surface area contributed by atoms with Gasteiger partial charge in [0.1, 0.15) is 0 Å². The highest BCUT2D eigenvalue weighted by Crippen LogP contribution is 2.18. The maximum absolute atomic E-state index is 12.1. The van der Waals surface area contributed by atoms with Crippen molar-refractivity contribution in [3.8, 4) is 11.4 Å². The lowest BCUT2D eigenvalue weighted by atomic mass is 10.1. The van der Waals surface area contributed by atoms with Gasteiger partial charge in [-0.2, -0.15) is 10.1 Å². The number of nitrogens with one attached hydrogen (secondary N) is 1. The van der Waals surface area contributed by atoms with Crippen molar-refractivity contribution in [2.24, 2.45) is 12.0 Å². The van der Waals surface area contributed by atoms with Crippen LogP contribution in [0.15, 0.2) is 40.8 Å². The molecule has 2 heterocycles. The number of rotatable bonds is 4. The highest BCUT2D eigenvalue weighted by Gasteiger charge is 2.10. The maximum Gasteiger partial charge on any atom is 0.250 e. The average Bonchev–Trinajstić information content (AvgIpc) is 3.12. The molecule has 24 heavy (non-hydrogen) atoms. The molecule has 1 aromatic carbocycles. The van der Waals surface area contributed by atoms with Gasteiger partial charge in [0.2, 0.25) is 5.91 Å². The van der Waals surface area contributed by atoms with Gasteiger partial charge in [0.25, 0.3) is 0 Å². The number of hydrogen-bond donors (Lipinski definition) is 1. The van der Waals surface area contributed by atoms with Crippen molar-refractivity contribution in [1.82, 2.24) is 19.3 Å². The van der Waals surface area contributed by atoms with Crippen LogP contribution in [0.1, 0.15) is 12.0 Å². The summed E-state index contributed by atoms with van der Waals surface area (Å²) in [5.41, 5.74) is 2.14. The Kier molecular flexibility index (Phi) is 4.86. The number of aromatic nitrogens is 4. The Hall–Kier alpha value is -2.32. The van der Waals surface area contributed by atoms with Gasteiger partial charge in [-0.1, -0.05) is 29.8 Å². The third-order valence-corrected chi connectivity index (χ3v) is 4.76. The van der Waals surface area contributed by atoms with Crippen LogP contribution in [0, 0.1) is 11.7 Å². The number of carbonyl (C=O) groups excluding carboxylic acids is 1. The van der Waals surface area contributed by atoms with Crippen molar-refractivity contribution in [3.05, 3.63) is 51.0 Å². The minimum absolute atomic E-state index is 0.175. The second-order valence-corrected chi connectivity index (χ2v) is 6.68. The quantitative estimate of drug-likeness (QED) is 0.728. The van der Waals surface area contributed by atoms with Gasteiger partial charge in [0, 0.05) is 37.2 Å². The number of benzene rings is 1. The summed E-state index contributed by atoms with van der Waals surface area (Å²) >= 11 is 6.72. The number of nitrogens with zero attached hydrogens (tertiary/aromatic N) is 4. The van der Waals surface area contributed by atoms with E-state index in [0.717, 1.165) is 11.4 Å². The zero-order valence-corrected chi connectivity index (χ0v) is 15.0. The highest BCUT2D eigenvalue weighted by molar-refractivity contribution is 7.71. The van der Waals surface area contributed by atoms with Gasteiger partial charge in [-0.15, -0.1) is 11.3 Å². The summed E-state index contributed by atoms with van der Waals surface area (Å²) in [5.74, 6) is 0.556. The Morgan fingerprint density at radius 1 is 1.38 bits per heavy atom. The van der Waals surface area contributed by atoms with E-state index in [1.807, 2.05) is 58.9 Å². The summed E-state index contributed by atoms with van der Waals surface area (Å²) in [6.45, 7) is 2.47. The molecule has 0 radical (unpaired) electrons. The molecule has 0 spiro atoms. The molecule has 0 fully saturated rings. The second-order valence-electron chi connectivity index (χ2n) is 5.42. The number of carbonyl (C=O) groups is 1. The molecule has 124 valence electrons. The van der Waals surface area contributed by atoms with E-state index in [4.69, 9.17) is 12.2 Å². The molecule has 3 rings (SSSR count). The molecule has 2 aromatic heterocycles. The Bertz CT molecular complexity index is 975. The fourth-order valence-electron chi connectivity index (χ4n) is 2.25. The van der Waals surface area contributed by atoms with E-state index in [1.54, 1.807) is 0 Å². The second kappa shape index (κ2) is 7.06. The van der Waals surface area contributed by atoms with Crippen molar-refractivity contribution in [3.63, 3.8) is 0 Å². The van der Waals surface area contributed by atoms with Crippen LogP contribution < -0.4 is 4.80 Å². The molecule has 0 saturated heterocycles. The lowest BCUT2D eigenvalue weighted by Gasteiger charge is -2.05. The molecule has 0 aliphatic rings. The average molecular weight is 359 g/mol. The van der Waals surface area contributed by atoms with E-state index in [-0.39, 0.29) is 12.3 Å². The van der Waals surface area contributed by atoms with E-state index in [2.05, 4.69) is 15.2 Å². The maximum atomic E-state index is 12.1. The van der Waals surface area contributed by atoms with Crippen LogP contribution in [0.5, 0.6) is 0 Å². The third-order valence-electron chi connectivity index (χ3n) is 3.60. The van der Waals surface area contributed by atoms with Gasteiger partial charge >= 0.3 is 0 Å². The van der Waals surface area contributed by atoms with Crippen molar-refractivity contribution in [2.45, 2.75) is 19.9 Å². The highest BCUT2D eigenvalue weighted by atomic mass is 32.1. The summed E-state index contributed by atoms with van der Waals surface area (Å²) in [5, 5.41) is 8.98. The normalized spacial score (nSPS) is 11.8. The zero-order valence-electron chi connectivity index (χ0n) is 13.4. The zero-order chi connectivity index (χ0) is 17.1. The fourth-order valence-corrected chi connectivity index (χ4v) is 3.22. The lowest BCUT2D eigenvalue weighted by Crippen LogP contribution is -2.14. The first-order valence-corrected chi connectivity index (χ1v) is 8.73. The summed E-state index contributed by atoms with van der Waals surface area (Å²) in [6, 6.07) is 8.03. The number of amides is 1. The molecule has 0 atom stereocenters. The van der Waals surface area contributed by atoms with Gasteiger partial charge < -0.3 is 4.57 Å². The molecule has 0 bridgehead atoms. The summed E-state index contributed by atoms with van der Waals surface area (Å²) < 4.78 is 4.16. The summed E-state index contributed by atoms with van der Waals surface area (Å²) in [7, 11) is 1.87. The summed E-state index contributed by atoms with van der Waals surface area (Å²) in [6.07, 6.45) is 2.14. The Morgan fingerprint density at radius 3 is 2.79 bits per heavy atom. The van der Waals surface area contributed by atoms with E-state index < -0.39 is 0 Å². The van der Waals surface area contributed by atoms with Gasteiger partial charge in [0.05, 0.1) is 0 Å².